The summed E-state index contributed by atoms with van der Waals surface area (Å²) >= 11 is 6.23. The van der Waals surface area contributed by atoms with Gasteiger partial charge in [-0.25, -0.2) is 0 Å². The van der Waals surface area contributed by atoms with E-state index in [0.29, 0.717) is 10.6 Å². The number of halogens is 1. The van der Waals surface area contributed by atoms with E-state index < -0.39 is 0 Å². The van der Waals surface area contributed by atoms with E-state index in [1.54, 1.807) is 12.3 Å². The Morgan fingerprint density at radius 2 is 2.00 bits per heavy atom. The Labute approximate surface area is 146 Å². The van der Waals surface area contributed by atoms with Crippen molar-refractivity contribution in [3.63, 3.8) is 0 Å². The molecule has 0 unspecified atom stereocenters. The average Bonchev–Trinajstić information content (AvgIpc) is 2.88. The lowest BCUT2D eigenvalue weighted by Crippen LogP contribution is -1.99. The lowest BCUT2D eigenvalue weighted by molar-refractivity contribution is 0.954. The first-order valence-corrected chi connectivity index (χ1v) is 7.95. The summed E-state index contributed by atoms with van der Waals surface area (Å²) in [6.07, 6.45) is 5.47. The van der Waals surface area contributed by atoms with Gasteiger partial charge in [-0.3, -0.25) is 4.98 Å². The first kappa shape index (κ1) is 16.0. The van der Waals surface area contributed by atoms with E-state index in [0.717, 1.165) is 28.2 Å². The van der Waals surface area contributed by atoms with Gasteiger partial charge in [0, 0.05) is 28.2 Å². The molecule has 0 radical (unpaired) electrons. The zero-order valence-electron chi connectivity index (χ0n) is 13.5. The van der Waals surface area contributed by atoms with Crippen molar-refractivity contribution in [2.45, 2.75) is 13.8 Å². The molecule has 1 aromatic carbocycles. The Morgan fingerprint density at radius 3 is 2.67 bits per heavy atom. The van der Waals surface area contributed by atoms with Gasteiger partial charge in [-0.1, -0.05) is 29.8 Å². The predicted octanol–water partition coefficient (Wildman–Crippen LogP) is 5.21. The standard InChI is InChI=1S/C20H16ClN3/c1-14-10-16(15(2)24(14)18-6-5-9-23-13-18)11-17(12-22)19-7-3-4-8-20(19)21/h3-11,13H,1-2H3. The quantitative estimate of drug-likeness (QED) is 0.617. The Morgan fingerprint density at radius 1 is 1.21 bits per heavy atom. The van der Waals surface area contributed by atoms with Crippen LogP contribution in [0.4, 0.5) is 0 Å². The molecule has 2 heterocycles. The van der Waals surface area contributed by atoms with Gasteiger partial charge < -0.3 is 4.57 Å². The zero-order chi connectivity index (χ0) is 17.1. The van der Waals surface area contributed by atoms with E-state index in [1.807, 2.05) is 56.5 Å². The second-order valence-electron chi connectivity index (χ2n) is 5.52. The van der Waals surface area contributed by atoms with Crippen molar-refractivity contribution in [1.29, 1.82) is 5.26 Å². The minimum absolute atomic E-state index is 0.548. The fourth-order valence-electron chi connectivity index (χ4n) is 2.82. The molecule has 3 rings (SSSR count). The zero-order valence-corrected chi connectivity index (χ0v) is 14.2. The molecule has 0 N–H and O–H groups in total. The molecule has 0 fully saturated rings. The third kappa shape index (κ3) is 2.97. The normalized spacial score (nSPS) is 11.3. The average molecular weight is 334 g/mol. The maximum atomic E-state index is 9.56. The maximum absolute atomic E-state index is 9.56. The molecule has 0 amide bonds. The van der Waals surface area contributed by atoms with Crippen LogP contribution in [-0.2, 0) is 0 Å². The van der Waals surface area contributed by atoms with Gasteiger partial charge in [0.2, 0.25) is 0 Å². The van der Waals surface area contributed by atoms with Crippen LogP contribution in [0.15, 0.2) is 54.9 Å². The highest BCUT2D eigenvalue weighted by Crippen LogP contribution is 2.28. The Hall–Kier alpha value is -2.83. The van der Waals surface area contributed by atoms with Crippen LogP contribution < -0.4 is 0 Å². The number of allylic oxidation sites excluding steroid dienone is 1. The van der Waals surface area contributed by atoms with Crippen LogP contribution >= 0.6 is 11.6 Å². The molecule has 3 nitrogen and oxygen atoms in total. The molecule has 0 bridgehead atoms. The van der Waals surface area contributed by atoms with Gasteiger partial charge in [-0.15, -0.1) is 0 Å². The summed E-state index contributed by atoms with van der Waals surface area (Å²) < 4.78 is 2.13. The van der Waals surface area contributed by atoms with E-state index in [9.17, 15) is 5.26 Å². The predicted molar refractivity (Wildman–Crippen MR) is 98.0 cm³/mol. The van der Waals surface area contributed by atoms with Crippen LogP contribution in [0.5, 0.6) is 0 Å². The summed E-state index contributed by atoms with van der Waals surface area (Å²) in [6, 6.07) is 15.6. The van der Waals surface area contributed by atoms with Crippen molar-refractivity contribution in [3.05, 3.63) is 82.4 Å². The van der Waals surface area contributed by atoms with Gasteiger partial charge in [-0.05, 0) is 49.8 Å². The number of hydrogen-bond acceptors (Lipinski definition) is 2. The first-order valence-electron chi connectivity index (χ1n) is 7.58. The van der Waals surface area contributed by atoms with Crippen LogP contribution in [0.25, 0.3) is 17.3 Å². The van der Waals surface area contributed by atoms with Crippen molar-refractivity contribution in [1.82, 2.24) is 9.55 Å². The van der Waals surface area contributed by atoms with Gasteiger partial charge in [0.15, 0.2) is 0 Å². The van der Waals surface area contributed by atoms with E-state index in [4.69, 9.17) is 11.6 Å². The Kier molecular flexibility index (Phi) is 4.50. The van der Waals surface area contributed by atoms with Crippen molar-refractivity contribution < 1.29 is 0 Å². The highest BCUT2D eigenvalue weighted by molar-refractivity contribution is 6.32. The molecule has 0 aliphatic carbocycles. The first-order chi connectivity index (χ1) is 11.6. The number of benzene rings is 1. The minimum Gasteiger partial charge on any atom is -0.316 e. The van der Waals surface area contributed by atoms with Gasteiger partial charge in [0.1, 0.15) is 0 Å². The van der Waals surface area contributed by atoms with Crippen LogP contribution in [0, 0.1) is 25.2 Å². The number of rotatable bonds is 3. The van der Waals surface area contributed by atoms with E-state index in [2.05, 4.69) is 21.7 Å². The smallest absolute Gasteiger partial charge is 0.0998 e. The highest BCUT2D eigenvalue weighted by atomic mass is 35.5. The summed E-state index contributed by atoms with van der Waals surface area (Å²) in [5.74, 6) is 0. The van der Waals surface area contributed by atoms with Crippen molar-refractivity contribution in [3.8, 4) is 11.8 Å². The lowest BCUT2D eigenvalue weighted by Gasteiger charge is -2.08. The molecule has 0 saturated carbocycles. The molecule has 0 aliphatic heterocycles. The van der Waals surface area contributed by atoms with Crippen LogP contribution in [-0.4, -0.2) is 9.55 Å². The number of aromatic nitrogens is 2. The van der Waals surface area contributed by atoms with Crippen molar-refractivity contribution >= 4 is 23.3 Å². The molecule has 4 heteroatoms. The van der Waals surface area contributed by atoms with Crippen molar-refractivity contribution in [2.75, 3.05) is 0 Å². The molecule has 2 aromatic heterocycles. The number of nitriles is 1. The van der Waals surface area contributed by atoms with Crippen LogP contribution in [0.1, 0.15) is 22.5 Å². The van der Waals surface area contributed by atoms with Gasteiger partial charge in [0.25, 0.3) is 0 Å². The Balaban J connectivity index is 2.11. The fourth-order valence-corrected chi connectivity index (χ4v) is 3.06. The van der Waals surface area contributed by atoms with Crippen molar-refractivity contribution in [2.24, 2.45) is 0 Å². The summed E-state index contributed by atoms with van der Waals surface area (Å²) in [6.45, 7) is 4.08. The summed E-state index contributed by atoms with van der Waals surface area (Å²) in [7, 11) is 0. The third-order valence-electron chi connectivity index (χ3n) is 3.96. The largest absolute Gasteiger partial charge is 0.316 e. The minimum atomic E-state index is 0.548. The molecule has 24 heavy (non-hydrogen) atoms. The molecule has 0 atom stereocenters. The van der Waals surface area contributed by atoms with E-state index >= 15 is 0 Å². The van der Waals surface area contributed by atoms with Crippen LogP contribution in [0.2, 0.25) is 5.02 Å². The number of nitrogens with zero attached hydrogens (tertiary/aromatic N) is 3. The molecule has 0 aliphatic rings. The summed E-state index contributed by atoms with van der Waals surface area (Å²) in [5.41, 5.74) is 5.43. The summed E-state index contributed by atoms with van der Waals surface area (Å²) in [5, 5.41) is 10.1. The SMILES string of the molecule is Cc1cc(C=C(C#N)c2ccccc2Cl)c(C)n1-c1cccnc1. The molecule has 118 valence electrons. The van der Waals surface area contributed by atoms with Gasteiger partial charge >= 0.3 is 0 Å². The molecule has 0 spiro atoms. The molecular weight excluding hydrogens is 318 g/mol. The third-order valence-corrected chi connectivity index (χ3v) is 4.29. The highest BCUT2D eigenvalue weighted by Gasteiger charge is 2.12. The van der Waals surface area contributed by atoms with Gasteiger partial charge in [0.05, 0.1) is 23.5 Å². The molecule has 0 saturated heterocycles. The second kappa shape index (κ2) is 6.74. The Bertz CT molecular complexity index is 947. The summed E-state index contributed by atoms with van der Waals surface area (Å²) in [4.78, 5) is 4.18. The number of pyridine rings is 1. The van der Waals surface area contributed by atoms with Gasteiger partial charge in [-0.2, -0.15) is 5.26 Å². The fraction of sp³-hybridized carbons (Fsp3) is 0.100. The molecule has 3 aromatic rings. The second-order valence-corrected chi connectivity index (χ2v) is 5.93. The maximum Gasteiger partial charge on any atom is 0.0998 e. The topological polar surface area (TPSA) is 41.6 Å². The monoisotopic (exact) mass is 333 g/mol. The molecular formula is C20H16ClN3. The lowest BCUT2D eigenvalue weighted by atomic mass is 10.0. The van der Waals surface area contributed by atoms with Crippen LogP contribution in [0.3, 0.4) is 0 Å². The van der Waals surface area contributed by atoms with E-state index in [-0.39, 0.29) is 0 Å². The number of aryl methyl sites for hydroxylation is 1. The number of hydrogen-bond donors (Lipinski definition) is 0. The van der Waals surface area contributed by atoms with E-state index in [1.165, 1.54) is 0 Å².